The van der Waals surface area contributed by atoms with Crippen molar-refractivity contribution >= 4 is 5.71 Å². The second-order valence-electron chi connectivity index (χ2n) is 2.01. The molecule has 0 aromatic carbocycles. The summed E-state index contributed by atoms with van der Waals surface area (Å²) in [6, 6.07) is 0. The van der Waals surface area contributed by atoms with Crippen LogP contribution in [0.25, 0.3) is 0 Å². The predicted molar refractivity (Wildman–Crippen MR) is 28.6 cm³/mol. The van der Waals surface area contributed by atoms with Crippen LogP contribution in [0.2, 0.25) is 0 Å². The molecule has 0 N–H and O–H groups in total. The topological polar surface area (TPSA) is 21.6 Å². The molecule has 9 heavy (non-hydrogen) atoms. The lowest BCUT2D eigenvalue weighted by molar-refractivity contribution is -0.0363. The van der Waals surface area contributed by atoms with Crippen LogP contribution in [0.15, 0.2) is 5.16 Å². The Kier molecular flexibility index (Phi) is 1.64. The van der Waals surface area contributed by atoms with Crippen molar-refractivity contribution in [3.05, 3.63) is 0 Å². The average molecular weight is 135 g/mol. The number of nitrogens with zero attached hydrogens (tertiary/aromatic N) is 1. The van der Waals surface area contributed by atoms with E-state index in [9.17, 15) is 8.78 Å². The van der Waals surface area contributed by atoms with E-state index in [-0.39, 0.29) is 6.42 Å². The van der Waals surface area contributed by atoms with Crippen LogP contribution in [-0.2, 0) is 4.84 Å². The monoisotopic (exact) mass is 135 g/mol. The molecule has 0 saturated carbocycles. The van der Waals surface area contributed by atoms with E-state index in [0.717, 1.165) is 0 Å². The molecule has 1 unspecified atom stereocenters. The van der Waals surface area contributed by atoms with Gasteiger partial charge in [0.1, 0.15) is 0 Å². The Morgan fingerprint density at radius 2 is 2.44 bits per heavy atom. The lowest BCUT2D eigenvalue weighted by atomic mass is 10.2. The number of rotatable bonds is 1. The molecule has 0 amide bonds. The van der Waals surface area contributed by atoms with Gasteiger partial charge in [-0.1, -0.05) is 5.16 Å². The number of oxime groups is 1. The highest BCUT2D eigenvalue weighted by atomic mass is 19.3. The third-order valence-electron chi connectivity index (χ3n) is 1.12. The second-order valence-corrected chi connectivity index (χ2v) is 2.01. The molecule has 2 nitrogen and oxygen atoms in total. The van der Waals surface area contributed by atoms with Crippen molar-refractivity contribution in [2.45, 2.75) is 25.9 Å². The highest BCUT2D eigenvalue weighted by molar-refractivity contribution is 5.82. The molecule has 1 aliphatic heterocycles. The van der Waals surface area contributed by atoms with Crippen molar-refractivity contribution in [3.8, 4) is 0 Å². The lowest BCUT2D eigenvalue weighted by Gasteiger charge is -2.03. The first-order chi connectivity index (χ1) is 4.20. The fourth-order valence-corrected chi connectivity index (χ4v) is 0.658. The zero-order valence-corrected chi connectivity index (χ0v) is 4.97. The van der Waals surface area contributed by atoms with Gasteiger partial charge >= 0.3 is 0 Å². The Hall–Kier alpha value is -0.670. The SMILES string of the molecule is CC1=NOC(C(F)F)C1. The molecule has 0 spiro atoms. The van der Waals surface area contributed by atoms with E-state index in [2.05, 4.69) is 9.99 Å². The Bertz CT molecular complexity index is 135. The lowest BCUT2D eigenvalue weighted by Crippen LogP contribution is -2.16. The molecular weight excluding hydrogens is 128 g/mol. The quantitative estimate of drug-likeness (QED) is 0.532. The molecule has 0 aromatic rings. The Balaban J connectivity index is 2.37. The number of alkyl halides is 2. The summed E-state index contributed by atoms with van der Waals surface area (Å²) in [6.07, 6.45) is -3.14. The summed E-state index contributed by atoms with van der Waals surface area (Å²) in [6.45, 7) is 1.67. The largest absolute Gasteiger partial charge is 0.386 e. The molecule has 0 bridgehead atoms. The van der Waals surface area contributed by atoms with Gasteiger partial charge in [-0.05, 0) is 6.92 Å². The summed E-state index contributed by atoms with van der Waals surface area (Å²) >= 11 is 0. The molecule has 0 radical (unpaired) electrons. The van der Waals surface area contributed by atoms with E-state index in [1.807, 2.05) is 0 Å². The molecule has 1 aliphatic rings. The first-order valence-corrected chi connectivity index (χ1v) is 2.67. The normalized spacial score (nSPS) is 26.2. The molecule has 4 heteroatoms. The summed E-state index contributed by atoms with van der Waals surface area (Å²) in [7, 11) is 0. The van der Waals surface area contributed by atoms with Crippen molar-refractivity contribution < 1.29 is 13.6 Å². The van der Waals surface area contributed by atoms with E-state index in [1.54, 1.807) is 6.92 Å². The third-order valence-corrected chi connectivity index (χ3v) is 1.12. The summed E-state index contributed by atoms with van der Waals surface area (Å²) < 4.78 is 23.4. The second kappa shape index (κ2) is 2.29. The Labute approximate surface area is 51.5 Å². The van der Waals surface area contributed by atoms with Gasteiger partial charge in [0.05, 0.1) is 5.71 Å². The van der Waals surface area contributed by atoms with Gasteiger partial charge in [0.25, 0.3) is 6.43 Å². The molecule has 0 saturated heterocycles. The minimum atomic E-state index is -2.41. The van der Waals surface area contributed by atoms with Crippen LogP contribution >= 0.6 is 0 Å². The van der Waals surface area contributed by atoms with Crippen LogP contribution in [0.3, 0.4) is 0 Å². The van der Waals surface area contributed by atoms with Crippen molar-refractivity contribution in [2.24, 2.45) is 5.16 Å². The molecule has 1 heterocycles. The van der Waals surface area contributed by atoms with Gasteiger partial charge in [-0.25, -0.2) is 8.78 Å². The number of hydrogen-bond donors (Lipinski definition) is 0. The summed E-state index contributed by atoms with van der Waals surface area (Å²) in [5, 5.41) is 3.38. The van der Waals surface area contributed by atoms with Gasteiger partial charge in [-0.15, -0.1) is 0 Å². The Morgan fingerprint density at radius 3 is 2.67 bits per heavy atom. The fraction of sp³-hybridized carbons (Fsp3) is 0.800. The number of halogens is 2. The maximum absolute atomic E-state index is 11.7. The Morgan fingerprint density at radius 1 is 1.78 bits per heavy atom. The van der Waals surface area contributed by atoms with Gasteiger partial charge in [0, 0.05) is 6.42 Å². The third kappa shape index (κ3) is 1.37. The number of hydrogen-bond acceptors (Lipinski definition) is 2. The standard InChI is InChI=1S/C5H7F2NO/c1-3-2-4(5(6)7)9-8-3/h4-5H,2H2,1H3. The first-order valence-electron chi connectivity index (χ1n) is 2.67. The summed E-state index contributed by atoms with van der Waals surface area (Å²) in [4.78, 5) is 4.36. The average Bonchev–Trinajstić information content (AvgIpc) is 2.14. The van der Waals surface area contributed by atoms with Crippen molar-refractivity contribution in [1.82, 2.24) is 0 Å². The van der Waals surface area contributed by atoms with Crippen LogP contribution in [0.5, 0.6) is 0 Å². The van der Waals surface area contributed by atoms with Crippen LogP contribution < -0.4 is 0 Å². The maximum atomic E-state index is 11.7. The smallest absolute Gasteiger partial charge is 0.277 e. The molecule has 0 fully saturated rings. The van der Waals surface area contributed by atoms with Gasteiger partial charge in [-0.2, -0.15) is 0 Å². The van der Waals surface area contributed by atoms with Crippen LogP contribution in [-0.4, -0.2) is 18.2 Å². The predicted octanol–water partition coefficient (Wildman–Crippen LogP) is 1.42. The van der Waals surface area contributed by atoms with Crippen LogP contribution in [0.1, 0.15) is 13.3 Å². The van der Waals surface area contributed by atoms with Gasteiger partial charge in [-0.3, -0.25) is 0 Å². The van der Waals surface area contributed by atoms with E-state index in [1.165, 1.54) is 0 Å². The van der Waals surface area contributed by atoms with Gasteiger partial charge in [0.2, 0.25) is 0 Å². The van der Waals surface area contributed by atoms with Crippen molar-refractivity contribution in [1.29, 1.82) is 0 Å². The molecule has 52 valence electrons. The molecule has 0 aromatic heterocycles. The van der Waals surface area contributed by atoms with Gasteiger partial charge < -0.3 is 4.84 Å². The highest BCUT2D eigenvalue weighted by Gasteiger charge is 2.27. The summed E-state index contributed by atoms with van der Waals surface area (Å²) in [5.74, 6) is 0. The van der Waals surface area contributed by atoms with Crippen molar-refractivity contribution in [3.63, 3.8) is 0 Å². The molecule has 1 rings (SSSR count). The molecule has 1 atom stereocenters. The minimum absolute atomic E-state index is 0.262. The highest BCUT2D eigenvalue weighted by Crippen LogP contribution is 2.16. The fourth-order valence-electron chi connectivity index (χ4n) is 0.658. The summed E-state index contributed by atoms with van der Waals surface area (Å²) in [5.41, 5.74) is 0.639. The molecule has 0 aliphatic carbocycles. The van der Waals surface area contributed by atoms with E-state index in [0.29, 0.717) is 5.71 Å². The van der Waals surface area contributed by atoms with E-state index >= 15 is 0 Å². The minimum Gasteiger partial charge on any atom is -0.386 e. The van der Waals surface area contributed by atoms with E-state index in [4.69, 9.17) is 0 Å². The maximum Gasteiger partial charge on any atom is 0.277 e. The molecular formula is C5H7F2NO. The van der Waals surface area contributed by atoms with Crippen molar-refractivity contribution in [2.75, 3.05) is 0 Å². The zero-order valence-electron chi connectivity index (χ0n) is 4.97. The first kappa shape index (κ1) is 6.45. The zero-order chi connectivity index (χ0) is 6.85. The van der Waals surface area contributed by atoms with Gasteiger partial charge in [0.15, 0.2) is 6.10 Å². The van der Waals surface area contributed by atoms with Crippen LogP contribution in [0.4, 0.5) is 8.78 Å². The van der Waals surface area contributed by atoms with E-state index < -0.39 is 12.5 Å². The van der Waals surface area contributed by atoms with Crippen LogP contribution in [0, 0.1) is 0 Å².